The van der Waals surface area contributed by atoms with Crippen LogP contribution in [0.5, 0.6) is 5.75 Å². The van der Waals surface area contributed by atoms with Crippen molar-refractivity contribution < 1.29 is 22.3 Å². The molecule has 0 unspecified atom stereocenters. The Labute approximate surface area is 146 Å². The molecular formula is C17H19FN2O4S. The zero-order valence-corrected chi connectivity index (χ0v) is 14.9. The summed E-state index contributed by atoms with van der Waals surface area (Å²) in [6, 6.07) is 9.91. The van der Waals surface area contributed by atoms with E-state index in [9.17, 15) is 17.6 Å². The number of nitrogens with one attached hydrogen (secondary N) is 1. The highest BCUT2D eigenvalue weighted by Gasteiger charge is 2.20. The number of hydrogen-bond acceptors (Lipinski definition) is 4. The van der Waals surface area contributed by atoms with E-state index < -0.39 is 21.7 Å². The van der Waals surface area contributed by atoms with Crippen LogP contribution in [0.4, 0.5) is 10.1 Å². The first-order valence-electron chi connectivity index (χ1n) is 7.41. The molecule has 1 N–H and O–H groups in total. The molecule has 0 aliphatic rings. The van der Waals surface area contributed by atoms with Crippen LogP contribution in [-0.4, -0.2) is 39.3 Å². The van der Waals surface area contributed by atoms with Crippen LogP contribution in [0.1, 0.15) is 5.56 Å². The third kappa shape index (κ3) is 4.77. The maximum Gasteiger partial charge on any atom is 0.262 e. The van der Waals surface area contributed by atoms with E-state index in [1.807, 2.05) is 0 Å². The molecule has 0 atom stereocenters. The number of hydrogen-bond donors (Lipinski definition) is 1. The lowest BCUT2D eigenvalue weighted by molar-refractivity contribution is -0.118. The van der Waals surface area contributed by atoms with Gasteiger partial charge in [-0.15, -0.1) is 0 Å². The van der Waals surface area contributed by atoms with Gasteiger partial charge in [0.2, 0.25) is 10.0 Å². The molecule has 2 aromatic rings. The summed E-state index contributed by atoms with van der Waals surface area (Å²) in [6.45, 7) is 1.40. The largest absolute Gasteiger partial charge is 0.484 e. The van der Waals surface area contributed by atoms with Crippen LogP contribution in [0.2, 0.25) is 0 Å². The molecule has 2 rings (SSSR count). The molecule has 0 saturated heterocycles. The monoisotopic (exact) mass is 366 g/mol. The van der Waals surface area contributed by atoms with Gasteiger partial charge in [-0.1, -0.05) is 6.07 Å². The number of carbonyl (C=O) groups excluding carboxylic acids is 1. The van der Waals surface area contributed by atoms with E-state index in [-0.39, 0.29) is 11.5 Å². The average molecular weight is 366 g/mol. The maximum absolute atomic E-state index is 12.8. The van der Waals surface area contributed by atoms with E-state index in [4.69, 9.17) is 4.74 Å². The second kappa shape index (κ2) is 7.62. The maximum atomic E-state index is 12.8. The van der Waals surface area contributed by atoms with Crippen LogP contribution in [0, 0.1) is 12.7 Å². The molecule has 0 radical (unpaired) electrons. The molecule has 25 heavy (non-hydrogen) atoms. The van der Waals surface area contributed by atoms with Crippen LogP contribution in [0.15, 0.2) is 47.4 Å². The quantitative estimate of drug-likeness (QED) is 0.852. The fourth-order valence-corrected chi connectivity index (χ4v) is 3.17. The lowest BCUT2D eigenvalue weighted by Gasteiger charge is -2.15. The molecular weight excluding hydrogens is 347 g/mol. The van der Waals surface area contributed by atoms with E-state index in [1.165, 1.54) is 44.4 Å². The molecule has 8 heteroatoms. The van der Waals surface area contributed by atoms with Gasteiger partial charge in [-0.25, -0.2) is 17.1 Å². The number of carbonyl (C=O) groups is 1. The summed E-state index contributed by atoms with van der Waals surface area (Å²) in [5, 5.41) is 2.58. The van der Waals surface area contributed by atoms with Gasteiger partial charge in [0.25, 0.3) is 5.91 Å². The number of aryl methyl sites for hydroxylation is 1. The molecule has 0 heterocycles. The second-order valence-corrected chi connectivity index (χ2v) is 7.68. The summed E-state index contributed by atoms with van der Waals surface area (Å²) in [5.41, 5.74) is 0.924. The Morgan fingerprint density at radius 2 is 1.80 bits per heavy atom. The lowest BCUT2D eigenvalue weighted by atomic mass is 10.2. The average Bonchev–Trinajstić information content (AvgIpc) is 2.56. The number of halogens is 1. The molecule has 0 aromatic heterocycles. The molecule has 134 valence electrons. The zero-order valence-electron chi connectivity index (χ0n) is 14.1. The number of ether oxygens (including phenoxy) is 1. The Bertz CT molecular complexity index is 865. The minimum atomic E-state index is -3.61. The summed E-state index contributed by atoms with van der Waals surface area (Å²) in [6.07, 6.45) is 0. The van der Waals surface area contributed by atoms with Gasteiger partial charge in [0.15, 0.2) is 6.61 Å². The molecule has 6 nitrogen and oxygen atoms in total. The van der Waals surface area contributed by atoms with Gasteiger partial charge in [0.05, 0.1) is 4.90 Å². The van der Waals surface area contributed by atoms with Crippen molar-refractivity contribution in [3.8, 4) is 5.75 Å². The summed E-state index contributed by atoms with van der Waals surface area (Å²) in [7, 11) is -0.728. The molecule has 0 aliphatic carbocycles. The highest BCUT2D eigenvalue weighted by molar-refractivity contribution is 7.89. The van der Waals surface area contributed by atoms with Crippen LogP contribution >= 0.6 is 0 Å². The number of amides is 1. The first kappa shape index (κ1) is 18.9. The number of nitrogens with zero attached hydrogens (tertiary/aromatic N) is 1. The Morgan fingerprint density at radius 3 is 2.40 bits per heavy atom. The second-order valence-electron chi connectivity index (χ2n) is 5.56. The van der Waals surface area contributed by atoms with E-state index in [2.05, 4.69) is 5.32 Å². The number of anilines is 1. The predicted octanol–water partition coefficient (Wildman–Crippen LogP) is 2.40. The first-order valence-corrected chi connectivity index (χ1v) is 8.85. The molecule has 0 saturated carbocycles. The molecule has 0 fully saturated rings. The van der Waals surface area contributed by atoms with Crippen molar-refractivity contribution >= 4 is 21.6 Å². The van der Waals surface area contributed by atoms with Gasteiger partial charge in [-0.05, 0) is 48.9 Å². The van der Waals surface area contributed by atoms with E-state index in [0.29, 0.717) is 17.0 Å². The Kier molecular flexibility index (Phi) is 5.76. The highest BCUT2D eigenvalue weighted by Crippen LogP contribution is 2.22. The van der Waals surface area contributed by atoms with E-state index >= 15 is 0 Å². The highest BCUT2D eigenvalue weighted by atomic mass is 32.2. The molecule has 2 aromatic carbocycles. The minimum absolute atomic E-state index is 0.120. The standard InChI is InChI=1S/C17H19FN2O4S/c1-12-4-7-14(10-16(12)25(22,23)20(2)3)19-17(21)11-24-15-8-5-13(18)6-9-15/h4-10H,11H2,1-3H3,(H,19,21). The smallest absolute Gasteiger partial charge is 0.262 e. The summed E-state index contributed by atoms with van der Waals surface area (Å²) in [4.78, 5) is 12.1. The first-order chi connectivity index (χ1) is 11.7. The van der Waals surface area contributed by atoms with Crippen molar-refractivity contribution in [2.45, 2.75) is 11.8 Å². The van der Waals surface area contributed by atoms with Crippen molar-refractivity contribution in [2.75, 3.05) is 26.0 Å². The third-order valence-corrected chi connectivity index (χ3v) is 5.37. The Balaban J connectivity index is 2.07. The van der Waals surface area contributed by atoms with Crippen LogP contribution in [-0.2, 0) is 14.8 Å². The van der Waals surface area contributed by atoms with Gasteiger partial charge in [0.1, 0.15) is 11.6 Å². The van der Waals surface area contributed by atoms with Gasteiger partial charge < -0.3 is 10.1 Å². The fraction of sp³-hybridized carbons (Fsp3) is 0.235. The van der Waals surface area contributed by atoms with E-state index in [0.717, 1.165) is 4.31 Å². The topological polar surface area (TPSA) is 75.7 Å². The fourth-order valence-electron chi connectivity index (χ4n) is 2.03. The van der Waals surface area contributed by atoms with Gasteiger partial charge in [-0.3, -0.25) is 4.79 Å². The normalized spacial score (nSPS) is 11.4. The lowest BCUT2D eigenvalue weighted by Crippen LogP contribution is -2.24. The van der Waals surface area contributed by atoms with Crippen molar-refractivity contribution in [1.29, 1.82) is 0 Å². The van der Waals surface area contributed by atoms with Crippen LogP contribution in [0.3, 0.4) is 0 Å². The third-order valence-electron chi connectivity index (χ3n) is 3.41. The van der Waals surface area contributed by atoms with Gasteiger partial charge in [0, 0.05) is 19.8 Å². The number of benzene rings is 2. The van der Waals surface area contributed by atoms with Crippen LogP contribution in [0.25, 0.3) is 0 Å². The molecule has 0 aliphatic heterocycles. The predicted molar refractivity (Wildman–Crippen MR) is 92.6 cm³/mol. The Morgan fingerprint density at radius 1 is 1.16 bits per heavy atom. The van der Waals surface area contributed by atoms with Crippen molar-refractivity contribution in [3.05, 3.63) is 53.8 Å². The van der Waals surface area contributed by atoms with Gasteiger partial charge in [-0.2, -0.15) is 0 Å². The summed E-state index contributed by atoms with van der Waals surface area (Å²) in [5.74, 6) is -0.496. The molecule has 1 amide bonds. The SMILES string of the molecule is Cc1ccc(NC(=O)COc2ccc(F)cc2)cc1S(=O)(=O)N(C)C. The number of sulfonamides is 1. The molecule has 0 spiro atoms. The van der Waals surface area contributed by atoms with Crippen LogP contribution < -0.4 is 10.1 Å². The summed E-state index contributed by atoms with van der Waals surface area (Å²) >= 11 is 0. The van der Waals surface area contributed by atoms with E-state index in [1.54, 1.807) is 19.1 Å². The minimum Gasteiger partial charge on any atom is -0.484 e. The Hall–Kier alpha value is -2.45. The number of rotatable bonds is 6. The zero-order chi connectivity index (χ0) is 18.6. The molecule has 0 bridgehead atoms. The summed E-state index contributed by atoms with van der Waals surface area (Å²) < 4.78 is 43.7. The van der Waals surface area contributed by atoms with Crippen molar-refractivity contribution in [3.63, 3.8) is 0 Å². The van der Waals surface area contributed by atoms with Crippen molar-refractivity contribution in [2.24, 2.45) is 0 Å². The van der Waals surface area contributed by atoms with Crippen molar-refractivity contribution in [1.82, 2.24) is 4.31 Å². The van der Waals surface area contributed by atoms with Gasteiger partial charge >= 0.3 is 0 Å².